The number of aryl methyl sites for hydroxylation is 2. The highest BCUT2D eigenvalue weighted by molar-refractivity contribution is 7.89. The minimum atomic E-state index is -3.82. The number of nitrogens with zero attached hydrogens (tertiary/aromatic N) is 2. The van der Waals surface area contributed by atoms with Gasteiger partial charge in [0.15, 0.2) is 5.13 Å². The summed E-state index contributed by atoms with van der Waals surface area (Å²) >= 11 is 1.38. The molecule has 6 nitrogen and oxygen atoms in total. The van der Waals surface area contributed by atoms with E-state index in [9.17, 15) is 13.2 Å². The second kappa shape index (κ2) is 8.38. The van der Waals surface area contributed by atoms with Crippen LogP contribution < -0.4 is 5.32 Å². The molecule has 3 rings (SSSR count). The Kier molecular flexibility index (Phi) is 6.12. The molecule has 1 heterocycles. The monoisotopic (exact) mass is 417 g/mol. The Labute approximate surface area is 169 Å². The number of aromatic nitrogens is 1. The Balaban J connectivity index is 1.88. The summed E-state index contributed by atoms with van der Waals surface area (Å²) in [5.41, 5.74) is 0.856. The second-order valence-corrected chi connectivity index (χ2v) is 9.63. The fourth-order valence-electron chi connectivity index (χ4n) is 2.94. The summed E-state index contributed by atoms with van der Waals surface area (Å²) in [5.74, 6) is -0.397. The van der Waals surface area contributed by atoms with E-state index in [-0.39, 0.29) is 18.0 Å². The van der Waals surface area contributed by atoms with Crippen molar-refractivity contribution < 1.29 is 13.2 Å². The molecule has 28 heavy (non-hydrogen) atoms. The lowest BCUT2D eigenvalue weighted by Crippen LogP contribution is -2.38. The number of thiazole rings is 1. The zero-order valence-corrected chi connectivity index (χ0v) is 17.7. The molecule has 0 atom stereocenters. The lowest BCUT2D eigenvalue weighted by atomic mass is 10.1. The molecule has 0 fully saturated rings. The van der Waals surface area contributed by atoms with E-state index >= 15 is 0 Å². The van der Waals surface area contributed by atoms with Gasteiger partial charge in [-0.05, 0) is 31.7 Å². The number of rotatable bonds is 7. The molecule has 3 aromatic rings. The van der Waals surface area contributed by atoms with Crippen LogP contribution in [0.25, 0.3) is 10.8 Å². The van der Waals surface area contributed by atoms with Gasteiger partial charge >= 0.3 is 0 Å². The van der Waals surface area contributed by atoms with Crippen LogP contribution in [-0.4, -0.2) is 36.7 Å². The molecular formula is C20H23N3O3S2. The second-order valence-electron chi connectivity index (χ2n) is 6.52. The highest BCUT2D eigenvalue weighted by Gasteiger charge is 2.27. The predicted octanol–water partition coefficient (Wildman–Crippen LogP) is 3.95. The quantitative estimate of drug-likeness (QED) is 0.631. The van der Waals surface area contributed by atoms with Crippen molar-refractivity contribution in [2.75, 3.05) is 18.4 Å². The Hall–Kier alpha value is -2.29. The average molecular weight is 418 g/mol. The third-order valence-electron chi connectivity index (χ3n) is 4.44. The van der Waals surface area contributed by atoms with Gasteiger partial charge in [-0.25, -0.2) is 13.4 Å². The van der Waals surface area contributed by atoms with Crippen molar-refractivity contribution in [3.05, 3.63) is 53.0 Å². The maximum absolute atomic E-state index is 13.3. The summed E-state index contributed by atoms with van der Waals surface area (Å²) in [7, 11) is -3.82. The Morgan fingerprint density at radius 1 is 1.14 bits per heavy atom. The summed E-state index contributed by atoms with van der Waals surface area (Å²) < 4.78 is 27.9. The highest BCUT2D eigenvalue weighted by atomic mass is 32.2. The van der Waals surface area contributed by atoms with E-state index in [1.54, 1.807) is 18.2 Å². The van der Waals surface area contributed by atoms with Crippen LogP contribution >= 0.6 is 11.3 Å². The first-order valence-electron chi connectivity index (χ1n) is 9.04. The first kappa shape index (κ1) is 20.4. The van der Waals surface area contributed by atoms with Crippen LogP contribution in [-0.2, 0) is 14.8 Å². The predicted molar refractivity (Wildman–Crippen MR) is 113 cm³/mol. The summed E-state index contributed by atoms with van der Waals surface area (Å²) in [6.07, 6.45) is 0.604. The van der Waals surface area contributed by atoms with Crippen LogP contribution in [0.15, 0.2) is 47.4 Å². The Morgan fingerprint density at radius 2 is 1.86 bits per heavy atom. The van der Waals surface area contributed by atoms with E-state index < -0.39 is 15.9 Å². The molecule has 148 valence electrons. The van der Waals surface area contributed by atoms with Crippen molar-refractivity contribution in [3.8, 4) is 0 Å². The molecular weight excluding hydrogens is 394 g/mol. The smallest absolute Gasteiger partial charge is 0.244 e. The molecule has 8 heteroatoms. The third-order valence-corrected chi connectivity index (χ3v) is 7.33. The molecule has 1 N–H and O–H groups in total. The van der Waals surface area contributed by atoms with Gasteiger partial charge in [0, 0.05) is 16.8 Å². The first-order valence-corrected chi connectivity index (χ1v) is 11.3. The molecule has 2 aromatic carbocycles. The molecule has 0 saturated heterocycles. The normalized spacial score (nSPS) is 11.9. The molecule has 1 amide bonds. The van der Waals surface area contributed by atoms with Crippen molar-refractivity contribution in [2.24, 2.45) is 0 Å². The summed E-state index contributed by atoms with van der Waals surface area (Å²) in [6, 6.07) is 12.5. The standard InChI is InChI=1S/C20H23N3O3S2/c1-4-12-23(13-19(24)22-20-21-14(2)15(3)27-20)28(25,26)18-11-7-9-16-8-5-6-10-17(16)18/h5-11H,4,12-13H2,1-3H3,(H,21,22,24). The van der Waals surface area contributed by atoms with Crippen molar-refractivity contribution in [2.45, 2.75) is 32.1 Å². The van der Waals surface area contributed by atoms with E-state index in [2.05, 4.69) is 10.3 Å². The minimum absolute atomic E-state index is 0.216. The Bertz CT molecular complexity index is 1080. The topological polar surface area (TPSA) is 79.4 Å². The van der Waals surface area contributed by atoms with Gasteiger partial charge in [0.25, 0.3) is 0 Å². The fraction of sp³-hybridized carbons (Fsp3) is 0.300. The van der Waals surface area contributed by atoms with Crippen molar-refractivity contribution in [1.29, 1.82) is 0 Å². The van der Waals surface area contributed by atoms with Gasteiger partial charge in [0.05, 0.1) is 17.1 Å². The Morgan fingerprint density at radius 3 is 2.54 bits per heavy atom. The summed E-state index contributed by atoms with van der Waals surface area (Å²) in [4.78, 5) is 18.0. The summed E-state index contributed by atoms with van der Waals surface area (Å²) in [5, 5.41) is 4.70. The number of fused-ring (bicyclic) bond motifs is 1. The fourth-order valence-corrected chi connectivity index (χ4v) is 5.47. The zero-order chi connectivity index (χ0) is 20.3. The van der Waals surface area contributed by atoms with Gasteiger partial charge in [0.1, 0.15) is 0 Å². The largest absolute Gasteiger partial charge is 0.301 e. The molecule has 0 bridgehead atoms. The maximum Gasteiger partial charge on any atom is 0.244 e. The number of benzene rings is 2. The average Bonchev–Trinajstić information content (AvgIpc) is 2.97. The van der Waals surface area contributed by atoms with E-state index in [1.807, 2.05) is 45.0 Å². The number of hydrogen-bond donors (Lipinski definition) is 1. The lowest BCUT2D eigenvalue weighted by molar-refractivity contribution is -0.116. The number of nitrogens with one attached hydrogen (secondary N) is 1. The van der Waals surface area contributed by atoms with E-state index in [4.69, 9.17) is 0 Å². The van der Waals surface area contributed by atoms with E-state index in [0.29, 0.717) is 16.9 Å². The van der Waals surface area contributed by atoms with Crippen LogP contribution in [0.4, 0.5) is 5.13 Å². The van der Waals surface area contributed by atoms with E-state index in [1.165, 1.54) is 15.6 Å². The third kappa shape index (κ3) is 4.24. The molecule has 0 aliphatic carbocycles. The first-order chi connectivity index (χ1) is 13.3. The number of hydrogen-bond acceptors (Lipinski definition) is 5. The molecule has 1 aromatic heterocycles. The number of amides is 1. The van der Waals surface area contributed by atoms with Gasteiger partial charge in [-0.1, -0.05) is 43.3 Å². The highest BCUT2D eigenvalue weighted by Crippen LogP contribution is 2.26. The molecule has 0 spiro atoms. The molecule has 0 radical (unpaired) electrons. The van der Waals surface area contributed by atoms with Crippen LogP contribution in [0.5, 0.6) is 0 Å². The minimum Gasteiger partial charge on any atom is -0.301 e. The number of anilines is 1. The SMILES string of the molecule is CCCN(CC(=O)Nc1nc(C)c(C)s1)S(=O)(=O)c1cccc2ccccc12. The lowest BCUT2D eigenvalue weighted by Gasteiger charge is -2.21. The van der Waals surface area contributed by atoms with Crippen molar-refractivity contribution >= 4 is 43.2 Å². The molecule has 0 aliphatic rings. The van der Waals surface area contributed by atoms with Crippen LogP contribution in [0.2, 0.25) is 0 Å². The number of carbonyl (C=O) groups excluding carboxylic acids is 1. The number of sulfonamides is 1. The van der Waals surface area contributed by atoms with Gasteiger partial charge < -0.3 is 5.32 Å². The van der Waals surface area contributed by atoms with Crippen LogP contribution in [0.3, 0.4) is 0 Å². The zero-order valence-electron chi connectivity index (χ0n) is 16.1. The van der Waals surface area contributed by atoms with Gasteiger partial charge in [-0.2, -0.15) is 4.31 Å². The molecule has 0 unspecified atom stereocenters. The van der Waals surface area contributed by atoms with Gasteiger partial charge in [0.2, 0.25) is 15.9 Å². The summed E-state index contributed by atoms with van der Waals surface area (Å²) in [6.45, 7) is 5.69. The maximum atomic E-state index is 13.3. The van der Waals surface area contributed by atoms with Gasteiger partial charge in [-0.3, -0.25) is 4.79 Å². The van der Waals surface area contributed by atoms with E-state index in [0.717, 1.165) is 16.0 Å². The molecule has 0 saturated carbocycles. The number of carbonyl (C=O) groups is 1. The van der Waals surface area contributed by atoms with Crippen LogP contribution in [0.1, 0.15) is 23.9 Å². The van der Waals surface area contributed by atoms with Gasteiger partial charge in [-0.15, -0.1) is 11.3 Å². The molecule has 0 aliphatic heterocycles. The van der Waals surface area contributed by atoms with Crippen LogP contribution in [0, 0.1) is 13.8 Å². The van der Waals surface area contributed by atoms with Crippen molar-refractivity contribution in [1.82, 2.24) is 9.29 Å². The van der Waals surface area contributed by atoms with Crippen molar-refractivity contribution in [3.63, 3.8) is 0 Å².